The molecule has 0 radical (unpaired) electrons. The summed E-state index contributed by atoms with van der Waals surface area (Å²) >= 11 is 6.06. The first-order valence-electron chi connectivity index (χ1n) is 9.88. The van der Waals surface area contributed by atoms with E-state index in [0.717, 1.165) is 11.8 Å². The van der Waals surface area contributed by atoms with Crippen molar-refractivity contribution in [2.24, 2.45) is 0 Å². The molecule has 0 atom stereocenters. The standard InChI is InChI=1S/C22H19ClN6O4S/c1-34(31,32)28-19-9-17(23)8-18(10-19)27-22(30)16-12-26-29(13-16)21-20(5-3-7-25-21)33-14-15-4-2-6-24-11-15/h2-13,28H,14H2,1H3,(H,27,30). The number of sulfonamides is 1. The number of pyridine rings is 2. The molecule has 1 amide bonds. The number of hydrogen-bond donors (Lipinski definition) is 2. The van der Waals surface area contributed by atoms with E-state index in [4.69, 9.17) is 16.3 Å². The monoisotopic (exact) mass is 498 g/mol. The molecule has 3 aromatic heterocycles. The van der Waals surface area contributed by atoms with Crippen molar-refractivity contribution in [3.05, 3.63) is 89.6 Å². The Morgan fingerprint density at radius 1 is 1.12 bits per heavy atom. The average molecular weight is 499 g/mol. The van der Waals surface area contributed by atoms with E-state index in [2.05, 4.69) is 25.1 Å². The normalized spacial score (nSPS) is 11.1. The Labute approximate surface area is 200 Å². The molecule has 0 saturated carbocycles. The van der Waals surface area contributed by atoms with Crippen LogP contribution in [0.4, 0.5) is 11.4 Å². The third-order valence-electron chi connectivity index (χ3n) is 4.39. The Morgan fingerprint density at radius 3 is 2.68 bits per heavy atom. The number of rotatable bonds is 8. The summed E-state index contributed by atoms with van der Waals surface area (Å²) in [6.07, 6.45) is 8.90. The summed E-state index contributed by atoms with van der Waals surface area (Å²) in [7, 11) is -3.50. The van der Waals surface area contributed by atoms with Crippen LogP contribution in [0.2, 0.25) is 5.02 Å². The molecule has 0 aliphatic heterocycles. The first kappa shape index (κ1) is 23.2. The minimum atomic E-state index is -3.50. The van der Waals surface area contributed by atoms with Crippen LogP contribution >= 0.6 is 11.6 Å². The number of amides is 1. The first-order chi connectivity index (χ1) is 16.3. The third kappa shape index (κ3) is 6.09. The lowest BCUT2D eigenvalue weighted by Gasteiger charge is -2.10. The first-order valence-corrected chi connectivity index (χ1v) is 12.2. The molecule has 0 spiro atoms. The van der Waals surface area contributed by atoms with Crippen molar-refractivity contribution in [1.82, 2.24) is 19.7 Å². The van der Waals surface area contributed by atoms with Gasteiger partial charge in [-0.05, 0) is 36.4 Å². The van der Waals surface area contributed by atoms with Crippen LogP contribution in [0.5, 0.6) is 5.75 Å². The smallest absolute Gasteiger partial charge is 0.258 e. The molecule has 3 heterocycles. The maximum atomic E-state index is 12.8. The van der Waals surface area contributed by atoms with Crippen LogP contribution in [-0.4, -0.2) is 40.3 Å². The van der Waals surface area contributed by atoms with E-state index in [-0.39, 0.29) is 16.3 Å². The second-order valence-corrected chi connectivity index (χ2v) is 9.39. The fourth-order valence-corrected chi connectivity index (χ4v) is 3.79. The van der Waals surface area contributed by atoms with Crippen LogP contribution in [-0.2, 0) is 16.6 Å². The minimum absolute atomic E-state index is 0.227. The largest absolute Gasteiger partial charge is 0.485 e. The van der Waals surface area contributed by atoms with Crippen LogP contribution < -0.4 is 14.8 Å². The van der Waals surface area contributed by atoms with E-state index in [1.807, 2.05) is 12.1 Å². The zero-order valence-corrected chi connectivity index (χ0v) is 19.4. The van der Waals surface area contributed by atoms with Gasteiger partial charge in [0.25, 0.3) is 5.91 Å². The second-order valence-electron chi connectivity index (χ2n) is 7.21. The molecule has 0 fully saturated rings. The Bertz CT molecular complexity index is 1430. The lowest BCUT2D eigenvalue weighted by atomic mass is 10.2. The molecule has 4 rings (SSSR count). The molecule has 174 valence electrons. The average Bonchev–Trinajstić information content (AvgIpc) is 3.27. The van der Waals surface area contributed by atoms with E-state index in [0.29, 0.717) is 23.9 Å². The second kappa shape index (κ2) is 9.89. The molecule has 10 nitrogen and oxygen atoms in total. The molecule has 2 N–H and O–H groups in total. The Kier molecular flexibility index (Phi) is 6.75. The number of halogens is 1. The van der Waals surface area contributed by atoms with Crippen molar-refractivity contribution in [3.63, 3.8) is 0 Å². The molecular weight excluding hydrogens is 480 g/mol. The number of hydrogen-bond acceptors (Lipinski definition) is 7. The van der Waals surface area contributed by atoms with Gasteiger partial charge in [0.1, 0.15) is 6.61 Å². The summed E-state index contributed by atoms with van der Waals surface area (Å²) in [5, 5.41) is 7.17. The molecule has 0 saturated heterocycles. The summed E-state index contributed by atoms with van der Waals surface area (Å²) in [4.78, 5) is 21.1. The topological polar surface area (TPSA) is 128 Å². The van der Waals surface area contributed by atoms with Gasteiger partial charge in [-0.2, -0.15) is 5.10 Å². The predicted molar refractivity (Wildman–Crippen MR) is 128 cm³/mol. The van der Waals surface area contributed by atoms with Gasteiger partial charge in [-0.3, -0.25) is 14.5 Å². The Morgan fingerprint density at radius 2 is 1.91 bits per heavy atom. The lowest BCUT2D eigenvalue weighted by molar-refractivity contribution is 0.102. The van der Waals surface area contributed by atoms with Gasteiger partial charge in [-0.25, -0.2) is 18.1 Å². The molecular formula is C22H19ClN6O4S. The number of carbonyl (C=O) groups excluding carboxylic acids is 1. The molecule has 12 heteroatoms. The van der Waals surface area contributed by atoms with Crippen molar-refractivity contribution in [3.8, 4) is 11.6 Å². The van der Waals surface area contributed by atoms with Gasteiger partial charge in [0.2, 0.25) is 10.0 Å². The van der Waals surface area contributed by atoms with E-state index >= 15 is 0 Å². The molecule has 1 aromatic carbocycles. The van der Waals surface area contributed by atoms with Crippen molar-refractivity contribution in [2.75, 3.05) is 16.3 Å². The highest BCUT2D eigenvalue weighted by Crippen LogP contribution is 2.24. The quantitative estimate of drug-likeness (QED) is 0.380. The van der Waals surface area contributed by atoms with Crippen molar-refractivity contribution in [2.45, 2.75) is 6.61 Å². The SMILES string of the molecule is CS(=O)(=O)Nc1cc(Cl)cc(NC(=O)c2cnn(-c3ncccc3OCc3cccnc3)c2)c1. The maximum Gasteiger partial charge on any atom is 0.258 e. The van der Waals surface area contributed by atoms with Crippen LogP contribution in [0, 0.1) is 0 Å². The lowest BCUT2D eigenvalue weighted by Crippen LogP contribution is -2.13. The summed E-state index contributed by atoms with van der Waals surface area (Å²) in [5.41, 5.74) is 1.69. The number of anilines is 2. The van der Waals surface area contributed by atoms with E-state index in [1.165, 1.54) is 35.3 Å². The van der Waals surface area contributed by atoms with Crippen LogP contribution in [0.1, 0.15) is 15.9 Å². The molecule has 34 heavy (non-hydrogen) atoms. The van der Waals surface area contributed by atoms with Gasteiger partial charge in [0.05, 0.1) is 23.7 Å². The maximum absolute atomic E-state index is 12.8. The zero-order chi connectivity index (χ0) is 24.1. The molecule has 4 aromatic rings. The fourth-order valence-electron chi connectivity index (χ4n) is 3.01. The summed E-state index contributed by atoms with van der Waals surface area (Å²) in [6, 6.07) is 11.6. The number of ether oxygens (including phenoxy) is 1. The van der Waals surface area contributed by atoms with Gasteiger partial charge in [0.15, 0.2) is 11.6 Å². The number of aromatic nitrogens is 4. The van der Waals surface area contributed by atoms with Gasteiger partial charge in [0, 0.05) is 41.1 Å². The van der Waals surface area contributed by atoms with Crippen LogP contribution in [0.25, 0.3) is 5.82 Å². The van der Waals surface area contributed by atoms with Crippen LogP contribution in [0.3, 0.4) is 0 Å². The number of nitrogens with zero attached hydrogens (tertiary/aromatic N) is 4. The molecule has 0 aliphatic carbocycles. The fraction of sp³-hybridized carbons (Fsp3) is 0.0909. The molecule has 0 bridgehead atoms. The van der Waals surface area contributed by atoms with Crippen LogP contribution in [0.15, 0.2) is 73.4 Å². The summed E-state index contributed by atoms with van der Waals surface area (Å²) in [6.45, 7) is 0.291. The summed E-state index contributed by atoms with van der Waals surface area (Å²) in [5.74, 6) is 0.424. The van der Waals surface area contributed by atoms with E-state index in [1.54, 1.807) is 30.7 Å². The van der Waals surface area contributed by atoms with Gasteiger partial charge in [-0.15, -0.1) is 0 Å². The minimum Gasteiger partial charge on any atom is -0.485 e. The summed E-state index contributed by atoms with van der Waals surface area (Å²) < 4.78 is 32.6. The highest BCUT2D eigenvalue weighted by atomic mass is 35.5. The highest BCUT2D eigenvalue weighted by Gasteiger charge is 2.14. The third-order valence-corrected chi connectivity index (χ3v) is 5.21. The van der Waals surface area contributed by atoms with Crippen molar-refractivity contribution >= 4 is 38.9 Å². The van der Waals surface area contributed by atoms with Crippen molar-refractivity contribution < 1.29 is 17.9 Å². The highest BCUT2D eigenvalue weighted by molar-refractivity contribution is 7.92. The predicted octanol–water partition coefficient (Wildman–Crippen LogP) is 3.52. The van der Waals surface area contributed by atoms with E-state index < -0.39 is 15.9 Å². The zero-order valence-electron chi connectivity index (χ0n) is 17.8. The van der Waals surface area contributed by atoms with Gasteiger partial charge in [-0.1, -0.05) is 17.7 Å². The Balaban J connectivity index is 1.50. The van der Waals surface area contributed by atoms with Crippen molar-refractivity contribution in [1.29, 1.82) is 0 Å². The van der Waals surface area contributed by atoms with Gasteiger partial charge >= 0.3 is 0 Å². The number of carbonyl (C=O) groups is 1. The number of benzene rings is 1. The molecule has 0 unspecified atom stereocenters. The Hall–Kier alpha value is -3.96. The van der Waals surface area contributed by atoms with Gasteiger partial charge < -0.3 is 10.1 Å². The molecule has 0 aliphatic rings. The van der Waals surface area contributed by atoms with E-state index in [9.17, 15) is 13.2 Å². The number of nitrogens with one attached hydrogen (secondary N) is 2.